The molecule has 156 valence electrons. The topological polar surface area (TPSA) is 49.4 Å². The van der Waals surface area contributed by atoms with Crippen molar-refractivity contribution in [2.24, 2.45) is 0 Å². The Kier molecular flexibility index (Phi) is 5.19. The number of hydrogen-bond donors (Lipinski definition) is 1. The molecule has 0 bridgehead atoms. The van der Waals surface area contributed by atoms with Crippen LogP contribution in [0.1, 0.15) is 31.9 Å². The normalized spacial score (nSPS) is 14.4. The average molecular weight is 414 g/mol. The minimum Gasteiger partial charge on any atom is -0.350 e. The third-order valence-corrected chi connectivity index (χ3v) is 5.23. The first-order valence-electron chi connectivity index (χ1n) is 10.1. The zero-order chi connectivity index (χ0) is 22.2. The fraction of sp³-hybridized carbons (Fsp3) is 0.154. The predicted octanol–water partition coefficient (Wildman–Crippen LogP) is 5.52. The molecule has 3 aromatic rings. The molecular formula is C26H23FN2O2. The van der Waals surface area contributed by atoms with E-state index in [0.717, 1.165) is 10.5 Å². The van der Waals surface area contributed by atoms with Gasteiger partial charge in [-0.05, 0) is 46.9 Å². The maximum atomic E-state index is 13.8. The maximum absolute atomic E-state index is 13.8. The van der Waals surface area contributed by atoms with E-state index in [9.17, 15) is 14.0 Å². The smallest absolute Gasteiger partial charge is 0.282 e. The van der Waals surface area contributed by atoms with Gasteiger partial charge in [0.2, 0.25) is 0 Å². The second kappa shape index (κ2) is 7.84. The summed E-state index contributed by atoms with van der Waals surface area (Å²) in [6.45, 7) is 6.38. The molecule has 1 heterocycles. The minimum atomic E-state index is -0.519. The largest absolute Gasteiger partial charge is 0.350 e. The molecular weight excluding hydrogens is 391 g/mol. The minimum absolute atomic E-state index is 0.000320. The summed E-state index contributed by atoms with van der Waals surface area (Å²) in [5, 5.41) is 3.14. The molecule has 3 aromatic carbocycles. The molecule has 1 aliphatic rings. The molecule has 2 amide bonds. The molecule has 31 heavy (non-hydrogen) atoms. The number of nitrogens with zero attached hydrogens (tertiary/aromatic N) is 1. The molecule has 5 heteroatoms. The van der Waals surface area contributed by atoms with Crippen molar-refractivity contribution in [1.82, 2.24) is 0 Å². The van der Waals surface area contributed by atoms with Gasteiger partial charge in [0.05, 0.1) is 11.3 Å². The molecule has 0 aromatic heterocycles. The van der Waals surface area contributed by atoms with Crippen LogP contribution in [0.25, 0.3) is 5.57 Å². The van der Waals surface area contributed by atoms with Crippen LogP contribution in [-0.2, 0) is 15.0 Å². The van der Waals surface area contributed by atoms with E-state index >= 15 is 0 Å². The van der Waals surface area contributed by atoms with E-state index in [1.807, 2.05) is 30.3 Å². The van der Waals surface area contributed by atoms with Crippen LogP contribution in [0.2, 0.25) is 0 Å². The highest BCUT2D eigenvalue weighted by Gasteiger charge is 2.40. The van der Waals surface area contributed by atoms with E-state index in [4.69, 9.17) is 0 Å². The third kappa shape index (κ3) is 3.99. The first-order chi connectivity index (χ1) is 14.8. The number of nitrogens with one attached hydrogen (secondary N) is 1. The van der Waals surface area contributed by atoms with Crippen LogP contribution in [0.4, 0.5) is 15.8 Å². The van der Waals surface area contributed by atoms with Gasteiger partial charge < -0.3 is 5.32 Å². The molecule has 4 rings (SSSR count). The summed E-state index contributed by atoms with van der Waals surface area (Å²) in [4.78, 5) is 27.6. The molecule has 1 aliphatic heterocycles. The summed E-state index contributed by atoms with van der Waals surface area (Å²) in [5.41, 5.74) is 3.10. The number of carbonyl (C=O) groups is 2. The molecule has 0 aliphatic carbocycles. The van der Waals surface area contributed by atoms with Gasteiger partial charge in [-0.2, -0.15) is 0 Å². The summed E-state index contributed by atoms with van der Waals surface area (Å²) in [5.74, 6) is -1.52. The van der Waals surface area contributed by atoms with Crippen molar-refractivity contribution >= 4 is 28.8 Å². The summed E-state index contributed by atoms with van der Waals surface area (Å²) in [6, 6.07) is 22.3. The van der Waals surface area contributed by atoms with Crippen molar-refractivity contribution in [1.29, 1.82) is 0 Å². The molecule has 0 saturated carbocycles. The van der Waals surface area contributed by atoms with Gasteiger partial charge in [-0.3, -0.25) is 9.59 Å². The Morgan fingerprint density at radius 2 is 1.48 bits per heavy atom. The fourth-order valence-corrected chi connectivity index (χ4v) is 3.57. The van der Waals surface area contributed by atoms with Gasteiger partial charge >= 0.3 is 0 Å². The summed E-state index contributed by atoms with van der Waals surface area (Å²) < 4.78 is 13.8. The van der Waals surface area contributed by atoms with Crippen molar-refractivity contribution in [2.45, 2.75) is 26.2 Å². The molecule has 0 fully saturated rings. The van der Waals surface area contributed by atoms with Gasteiger partial charge in [-0.25, -0.2) is 9.29 Å². The van der Waals surface area contributed by atoms with Crippen LogP contribution in [0.3, 0.4) is 0 Å². The Labute approximate surface area is 181 Å². The number of anilines is 2. The van der Waals surface area contributed by atoms with Gasteiger partial charge in [0.15, 0.2) is 0 Å². The highest BCUT2D eigenvalue weighted by Crippen LogP contribution is 2.34. The Bertz CT molecular complexity index is 1180. The van der Waals surface area contributed by atoms with E-state index in [0.29, 0.717) is 11.3 Å². The van der Waals surface area contributed by atoms with Crippen molar-refractivity contribution in [2.75, 3.05) is 10.2 Å². The van der Waals surface area contributed by atoms with Gasteiger partial charge in [0.1, 0.15) is 11.5 Å². The first-order valence-corrected chi connectivity index (χ1v) is 10.1. The zero-order valence-electron chi connectivity index (χ0n) is 17.6. The van der Waals surface area contributed by atoms with Gasteiger partial charge in [-0.15, -0.1) is 0 Å². The standard InChI is InChI=1S/C26H23FN2O2/c1-26(2,3)18-12-14-20(15-13-18)28-23-22(17-8-5-4-6-9-17)24(30)29(25(23)31)21-11-7-10-19(27)16-21/h4-16,28H,1-3H3. The van der Waals surface area contributed by atoms with Gasteiger partial charge in [0, 0.05) is 5.69 Å². The lowest BCUT2D eigenvalue weighted by atomic mass is 9.87. The second-order valence-corrected chi connectivity index (χ2v) is 8.49. The number of carbonyl (C=O) groups excluding carboxylic acids is 2. The molecule has 0 radical (unpaired) electrons. The zero-order valence-corrected chi connectivity index (χ0v) is 17.6. The molecule has 0 atom stereocenters. The van der Waals surface area contributed by atoms with E-state index in [2.05, 4.69) is 26.1 Å². The molecule has 0 saturated heterocycles. The Balaban J connectivity index is 1.77. The number of amides is 2. The lowest BCUT2D eigenvalue weighted by Gasteiger charge is -2.19. The van der Waals surface area contributed by atoms with Crippen LogP contribution in [0, 0.1) is 5.82 Å². The first kappa shape index (κ1) is 20.5. The molecule has 0 spiro atoms. The lowest BCUT2D eigenvalue weighted by Crippen LogP contribution is -2.32. The van der Waals surface area contributed by atoms with E-state index < -0.39 is 17.6 Å². The van der Waals surface area contributed by atoms with E-state index in [1.54, 1.807) is 30.3 Å². The number of halogens is 1. The Morgan fingerprint density at radius 1 is 0.806 bits per heavy atom. The number of imide groups is 1. The third-order valence-electron chi connectivity index (χ3n) is 5.23. The quantitative estimate of drug-likeness (QED) is 0.572. The van der Waals surface area contributed by atoms with Crippen LogP contribution >= 0.6 is 0 Å². The maximum Gasteiger partial charge on any atom is 0.282 e. The summed E-state index contributed by atoms with van der Waals surface area (Å²) in [6.07, 6.45) is 0. The van der Waals surface area contributed by atoms with Crippen LogP contribution in [0.15, 0.2) is 84.6 Å². The number of hydrogen-bond acceptors (Lipinski definition) is 3. The monoisotopic (exact) mass is 414 g/mol. The van der Waals surface area contributed by atoms with Crippen LogP contribution in [-0.4, -0.2) is 11.8 Å². The van der Waals surface area contributed by atoms with Crippen molar-refractivity contribution in [3.8, 4) is 0 Å². The summed E-state index contributed by atoms with van der Waals surface area (Å²) in [7, 11) is 0. The highest BCUT2D eigenvalue weighted by molar-refractivity contribution is 6.46. The van der Waals surface area contributed by atoms with Gasteiger partial charge in [0.25, 0.3) is 11.8 Å². The van der Waals surface area contributed by atoms with Crippen molar-refractivity contribution in [3.63, 3.8) is 0 Å². The SMILES string of the molecule is CC(C)(C)c1ccc(NC2=C(c3ccccc3)C(=O)N(c3cccc(F)c3)C2=O)cc1. The van der Waals surface area contributed by atoms with Crippen LogP contribution in [0.5, 0.6) is 0 Å². The van der Waals surface area contributed by atoms with Crippen LogP contribution < -0.4 is 10.2 Å². The van der Waals surface area contributed by atoms with Crippen molar-refractivity contribution < 1.29 is 14.0 Å². The summed E-state index contributed by atoms with van der Waals surface area (Å²) >= 11 is 0. The molecule has 1 N–H and O–H groups in total. The fourth-order valence-electron chi connectivity index (χ4n) is 3.57. The number of rotatable bonds is 4. The van der Waals surface area contributed by atoms with E-state index in [1.165, 1.54) is 18.2 Å². The van der Waals surface area contributed by atoms with Crippen molar-refractivity contribution in [3.05, 3.63) is 102 Å². The highest BCUT2D eigenvalue weighted by atomic mass is 19.1. The molecule has 0 unspecified atom stereocenters. The lowest BCUT2D eigenvalue weighted by molar-refractivity contribution is -0.120. The predicted molar refractivity (Wildman–Crippen MR) is 121 cm³/mol. The van der Waals surface area contributed by atoms with E-state index in [-0.39, 0.29) is 22.4 Å². The molecule has 4 nitrogen and oxygen atoms in total. The number of benzene rings is 3. The second-order valence-electron chi connectivity index (χ2n) is 8.49. The Morgan fingerprint density at radius 3 is 2.10 bits per heavy atom. The van der Waals surface area contributed by atoms with Gasteiger partial charge in [-0.1, -0.05) is 69.3 Å². The average Bonchev–Trinajstić information content (AvgIpc) is 2.98. The Hall–Kier alpha value is -3.73.